The first-order valence-electron chi connectivity index (χ1n) is 8.59. The third-order valence-electron chi connectivity index (χ3n) is 5.18. The first-order valence-corrected chi connectivity index (χ1v) is 8.59. The fraction of sp³-hybridized carbons (Fsp3) is 0.556. The number of hydrogen-bond donors (Lipinski definition) is 0. The van der Waals surface area contributed by atoms with Gasteiger partial charge in [-0.2, -0.15) is 0 Å². The fourth-order valence-electron chi connectivity index (χ4n) is 3.92. The Bertz CT molecular complexity index is 741. The van der Waals surface area contributed by atoms with Gasteiger partial charge in [-0.3, -0.25) is 0 Å². The molecule has 3 aliphatic rings. The number of piperidine rings is 1. The summed E-state index contributed by atoms with van der Waals surface area (Å²) in [5.74, 6) is -1.17. The van der Waals surface area contributed by atoms with Crippen LogP contribution in [0.3, 0.4) is 0 Å². The Balaban J connectivity index is 1.70. The summed E-state index contributed by atoms with van der Waals surface area (Å²) >= 11 is 0. The van der Waals surface area contributed by atoms with Crippen LogP contribution in [0.15, 0.2) is 12.1 Å². The number of esters is 2. The van der Waals surface area contributed by atoms with E-state index in [-0.39, 0.29) is 17.2 Å². The number of hydrogen-bond acceptors (Lipinski definition) is 8. The van der Waals surface area contributed by atoms with E-state index in [1.807, 2.05) is 0 Å². The van der Waals surface area contributed by atoms with Crippen molar-refractivity contribution in [2.75, 3.05) is 45.5 Å². The molecule has 1 aromatic rings. The number of benzene rings is 1. The summed E-state index contributed by atoms with van der Waals surface area (Å²) in [6, 6.07) is 3.27. The van der Waals surface area contributed by atoms with Crippen LogP contribution in [-0.2, 0) is 18.9 Å². The van der Waals surface area contributed by atoms with Gasteiger partial charge in [-0.25, -0.2) is 9.59 Å². The van der Waals surface area contributed by atoms with Gasteiger partial charge in [0, 0.05) is 19.4 Å². The van der Waals surface area contributed by atoms with Crippen LogP contribution in [0.5, 0.6) is 5.75 Å². The Labute approximate surface area is 150 Å². The molecule has 1 atom stereocenters. The van der Waals surface area contributed by atoms with Crippen LogP contribution in [0.2, 0.25) is 0 Å². The Hall–Kier alpha value is -2.32. The van der Waals surface area contributed by atoms with Gasteiger partial charge in [0.25, 0.3) is 0 Å². The van der Waals surface area contributed by atoms with E-state index >= 15 is 0 Å². The second kappa shape index (κ2) is 6.44. The van der Waals surface area contributed by atoms with Gasteiger partial charge in [-0.05, 0) is 12.1 Å². The molecule has 8 heteroatoms. The molecule has 140 valence electrons. The third kappa shape index (κ3) is 2.69. The molecule has 3 heterocycles. The topological polar surface area (TPSA) is 83.5 Å². The first kappa shape index (κ1) is 17.1. The highest BCUT2D eigenvalue weighted by Gasteiger charge is 2.46. The van der Waals surface area contributed by atoms with Gasteiger partial charge in [0.05, 0.1) is 50.3 Å². The van der Waals surface area contributed by atoms with E-state index in [0.29, 0.717) is 38.5 Å². The van der Waals surface area contributed by atoms with Gasteiger partial charge >= 0.3 is 11.9 Å². The van der Waals surface area contributed by atoms with Gasteiger partial charge in [0.1, 0.15) is 12.4 Å². The predicted molar refractivity (Wildman–Crippen MR) is 89.6 cm³/mol. The van der Waals surface area contributed by atoms with Crippen molar-refractivity contribution in [2.45, 2.75) is 24.7 Å². The third-order valence-corrected chi connectivity index (χ3v) is 5.18. The Morgan fingerprint density at radius 1 is 1.12 bits per heavy atom. The van der Waals surface area contributed by atoms with E-state index in [2.05, 4.69) is 4.90 Å². The second-order valence-electron chi connectivity index (χ2n) is 6.57. The van der Waals surface area contributed by atoms with Gasteiger partial charge in [-0.15, -0.1) is 0 Å². The van der Waals surface area contributed by atoms with Crippen molar-refractivity contribution in [1.82, 2.24) is 0 Å². The summed E-state index contributed by atoms with van der Waals surface area (Å²) in [5, 5.41) is 0. The molecule has 1 aromatic carbocycles. The van der Waals surface area contributed by atoms with Crippen molar-refractivity contribution in [3.63, 3.8) is 0 Å². The molecule has 0 N–H and O–H groups in total. The lowest BCUT2D eigenvalue weighted by Gasteiger charge is -2.47. The lowest BCUT2D eigenvalue weighted by atomic mass is 9.93. The molecule has 0 aliphatic carbocycles. The highest BCUT2D eigenvalue weighted by atomic mass is 16.7. The molecular weight excluding hydrogens is 342 g/mol. The zero-order chi connectivity index (χ0) is 18.3. The minimum Gasteiger partial charge on any atom is -0.489 e. The van der Waals surface area contributed by atoms with Gasteiger partial charge < -0.3 is 28.6 Å². The lowest BCUT2D eigenvalue weighted by molar-refractivity contribution is -0.178. The molecule has 2 fully saturated rings. The second-order valence-corrected chi connectivity index (χ2v) is 6.57. The van der Waals surface area contributed by atoms with Crippen molar-refractivity contribution in [3.05, 3.63) is 23.3 Å². The summed E-state index contributed by atoms with van der Waals surface area (Å²) in [7, 11) is 2.55. The molecule has 0 aromatic heterocycles. The van der Waals surface area contributed by atoms with Gasteiger partial charge in [0.2, 0.25) is 0 Å². The van der Waals surface area contributed by atoms with Crippen molar-refractivity contribution in [3.8, 4) is 5.75 Å². The minimum atomic E-state index is -0.607. The number of rotatable bonds is 2. The highest BCUT2D eigenvalue weighted by Crippen LogP contribution is 2.43. The molecule has 0 radical (unpaired) electrons. The number of nitrogens with zero attached hydrogens (tertiary/aromatic N) is 1. The van der Waals surface area contributed by atoms with Crippen LogP contribution < -0.4 is 9.64 Å². The molecule has 2 saturated heterocycles. The quantitative estimate of drug-likeness (QED) is 0.729. The van der Waals surface area contributed by atoms with Crippen molar-refractivity contribution in [1.29, 1.82) is 0 Å². The maximum absolute atomic E-state index is 12.2. The molecule has 0 bridgehead atoms. The van der Waals surface area contributed by atoms with E-state index in [4.69, 9.17) is 23.7 Å². The summed E-state index contributed by atoms with van der Waals surface area (Å²) in [5.41, 5.74) is 1.06. The SMILES string of the molecule is COC(=O)c1cc2c(cc1C(=O)OC)N1CCC3(C[C@@H]1CO2)OCCO3. The normalized spacial score (nSPS) is 23.0. The number of carbonyl (C=O) groups excluding carboxylic acids is 2. The fourth-order valence-corrected chi connectivity index (χ4v) is 3.92. The van der Waals surface area contributed by atoms with Crippen LogP contribution in [0.1, 0.15) is 33.6 Å². The van der Waals surface area contributed by atoms with E-state index in [0.717, 1.165) is 12.1 Å². The van der Waals surface area contributed by atoms with Crippen LogP contribution in [-0.4, -0.2) is 64.4 Å². The number of methoxy groups -OCH3 is 2. The largest absolute Gasteiger partial charge is 0.489 e. The number of anilines is 1. The van der Waals surface area contributed by atoms with Crippen LogP contribution in [0.4, 0.5) is 5.69 Å². The average molecular weight is 363 g/mol. The molecule has 26 heavy (non-hydrogen) atoms. The maximum Gasteiger partial charge on any atom is 0.338 e. The zero-order valence-corrected chi connectivity index (χ0v) is 14.8. The highest BCUT2D eigenvalue weighted by molar-refractivity contribution is 6.04. The molecule has 1 spiro atoms. The minimum absolute atomic E-state index is 0.0730. The molecule has 0 amide bonds. The van der Waals surface area contributed by atoms with Crippen LogP contribution >= 0.6 is 0 Å². The summed E-state index contributed by atoms with van der Waals surface area (Å²) in [6.07, 6.45) is 1.42. The predicted octanol–water partition coefficient (Wildman–Crippen LogP) is 1.36. The van der Waals surface area contributed by atoms with Crippen molar-refractivity contribution < 1.29 is 33.3 Å². The molecule has 3 aliphatic heterocycles. The Morgan fingerprint density at radius 3 is 2.42 bits per heavy atom. The lowest BCUT2D eigenvalue weighted by Crippen LogP contribution is -2.55. The van der Waals surface area contributed by atoms with Crippen molar-refractivity contribution in [2.24, 2.45) is 0 Å². The van der Waals surface area contributed by atoms with Crippen LogP contribution in [0, 0.1) is 0 Å². The Kier molecular flexibility index (Phi) is 4.24. The number of fused-ring (bicyclic) bond motifs is 3. The summed E-state index contributed by atoms with van der Waals surface area (Å²) < 4.78 is 27.1. The maximum atomic E-state index is 12.2. The molecule has 0 unspecified atom stereocenters. The van der Waals surface area contributed by atoms with E-state index in [1.165, 1.54) is 14.2 Å². The van der Waals surface area contributed by atoms with Crippen LogP contribution in [0.25, 0.3) is 0 Å². The average Bonchev–Trinajstić information content (AvgIpc) is 3.12. The van der Waals surface area contributed by atoms with E-state index < -0.39 is 17.7 Å². The zero-order valence-electron chi connectivity index (χ0n) is 14.8. The molecule has 8 nitrogen and oxygen atoms in total. The molecular formula is C18H21NO7. The van der Waals surface area contributed by atoms with E-state index in [9.17, 15) is 9.59 Å². The monoisotopic (exact) mass is 363 g/mol. The van der Waals surface area contributed by atoms with Gasteiger partial charge in [-0.1, -0.05) is 0 Å². The number of ether oxygens (including phenoxy) is 5. The summed E-state index contributed by atoms with van der Waals surface area (Å²) in [4.78, 5) is 26.4. The van der Waals surface area contributed by atoms with Gasteiger partial charge in [0.15, 0.2) is 5.79 Å². The first-order chi connectivity index (χ1) is 12.6. The summed E-state index contributed by atoms with van der Waals surface area (Å²) in [6.45, 7) is 2.39. The number of carbonyl (C=O) groups is 2. The Morgan fingerprint density at radius 2 is 1.77 bits per heavy atom. The smallest absolute Gasteiger partial charge is 0.338 e. The molecule has 0 saturated carbocycles. The standard InChI is InChI=1S/C18H21NO7/c1-22-16(20)12-7-14-15(8-13(12)17(21)23-2)24-10-11-9-18(3-4-19(11)14)25-5-6-26-18/h7-8,11H,3-6,9-10H2,1-2H3/t11-/m1/s1. The molecule has 4 rings (SSSR count). The van der Waals surface area contributed by atoms with E-state index in [1.54, 1.807) is 12.1 Å². The van der Waals surface area contributed by atoms with Crippen molar-refractivity contribution >= 4 is 17.6 Å².